The minimum Gasteiger partial charge on any atom is -0.456 e. The second-order valence-corrected chi connectivity index (χ2v) is 10.2. The number of halogens is 1. The van der Waals surface area contributed by atoms with Gasteiger partial charge in [-0.1, -0.05) is 0 Å². The third-order valence-corrected chi connectivity index (χ3v) is 7.98. The predicted octanol–water partition coefficient (Wildman–Crippen LogP) is 3.99. The van der Waals surface area contributed by atoms with E-state index < -0.39 is 27.0 Å². The number of anilines is 1. The summed E-state index contributed by atoms with van der Waals surface area (Å²) in [5.41, 5.74) is 1.96. The van der Waals surface area contributed by atoms with Crippen LogP contribution in [0.15, 0.2) is 40.8 Å². The lowest BCUT2D eigenvalue weighted by Crippen LogP contribution is -2.38. The number of hydrogen-bond acceptors (Lipinski definition) is 7. The van der Waals surface area contributed by atoms with Crippen molar-refractivity contribution in [2.75, 3.05) is 38.1 Å². The summed E-state index contributed by atoms with van der Waals surface area (Å²) < 4.78 is 51.3. The number of piperidine rings is 1. The summed E-state index contributed by atoms with van der Waals surface area (Å²) in [4.78, 5) is 25.2. The summed E-state index contributed by atoms with van der Waals surface area (Å²) in [5.74, 6) is -0.671. The molecule has 1 amide bonds. The van der Waals surface area contributed by atoms with E-state index in [2.05, 4.69) is 15.4 Å². The lowest BCUT2D eigenvalue weighted by Gasteiger charge is -2.29. The van der Waals surface area contributed by atoms with Crippen LogP contribution in [-0.4, -0.2) is 53.4 Å². The molecular formula is C25H28FN3O6S. The van der Waals surface area contributed by atoms with Crippen molar-refractivity contribution < 1.29 is 31.6 Å². The number of furan rings is 1. The molecule has 1 aromatic heterocycles. The molecule has 1 fully saturated rings. The van der Waals surface area contributed by atoms with E-state index in [1.807, 2.05) is 0 Å². The van der Waals surface area contributed by atoms with E-state index >= 15 is 0 Å². The van der Waals surface area contributed by atoms with Gasteiger partial charge in [0.1, 0.15) is 17.2 Å². The van der Waals surface area contributed by atoms with Crippen molar-refractivity contribution in [1.82, 2.24) is 10.6 Å². The van der Waals surface area contributed by atoms with Gasteiger partial charge in [-0.3, -0.25) is 9.10 Å². The number of fused-ring (bicyclic) bond motifs is 1. The predicted molar refractivity (Wildman–Crippen MR) is 134 cm³/mol. The average Bonchev–Trinajstić information content (AvgIpc) is 3.26. The quantitative estimate of drug-likeness (QED) is 0.475. The highest BCUT2D eigenvalue weighted by atomic mass is 32.2. The Morgan fingerprint density at radius 3 is 2.56 bits per heavy atom. The van der Waals surface area contributed by atoms with Gasteiger partial charge in [-0.05, 0) is 68.1 Å². The smallest absolute Gasteiger partial charge is 0.445 e. The van der Waals surface area contributed by atoms with Crippen LogP contribution in [0.5, 0.6) is 0 Å². The zero-order valence-corrected chi connectivity index (χ0v) is 21.1. The van der Waals surface area contributed by atoms with Crippen LogP contribution >= 0.6 is 0 Å². The molecule has 2 N–H and O–H groups in total. The summed E-state index contributed by atoms with van der Waals surface area (Å²) in [6.45, 7) is 3.04. The number of amides is 1. The first-order valence-electron chi connectivity index (χ1n) is 11.6. The number of nitrogens with zero attached hydrogens (tertiary/aromatic N) is 1. The summed E-state index contributed by atoms with van der Waals surface area (Å²) in [7, 11) is -1.96. The molecule has 4 rings (SSSR count). The van der Waals surface area contributed by atoms with Crippen LogP contribution in [0.3, 0.4) is 0 Å². The third kappa shape index (κ3) is 4.56. The standard InChI is InChI=1S/C25H28FN3O6S/c1-4-29(36(32,33)25(31)34-3)20-13-21-19(12-18(20)16-6-5-11-28-14-16)22(24(30)27-2)23(35-21)15-7-9-17(26)10-8-15/h7-10,12-13,16,28H,4-6,11,14H2,1-3H3,(H,27,30). The Hall–Kier alpha value is -3.44. The number of carbonyl (C=O) groups is 2. The molecule has 0 bridgehead atoms. The maximum atomic E-state index is 13.6. The molecule has 0 saturated carbocycles. The normalized spacial score (nSPS) is 16.1. The number of sulfonamides is 1. The summed E-state index contributed by atoms with van der Waals surface area (Å²) in [5, 5.41) is 5.07. The molecule has 192 valence electrons. The Balaban J connectivity index is 2.02. The highest BCUT2D eigenvalue weighted by Gasteiger charge is 2.35. The minimum absolute atomic E-state index is 0.0239. The number of methoxy groups -OCH3 is 1. The highest BCUT2D eigenvalue weighted by molar-refractivity contribution is 8.06. The van der Waals surface area contributed by atoms with E-state index in [1.54, 1.807) is 19.1 Å². The van der Waals surface area contributed by atoms with Gasteiger partial charge >= 0.3 is 15.3 Å². The van der Waals surface area contributed by atoms with E-state index in [9.17, 15) is 22.4 Å². The Morgan fingerprint density at radius 1 is 1.25 bits per heavy atom. The fourth-order valence-electron chi connectivity index (χ4n) is 4.63. The van der Waals surface area contributed by atoms with E-state index in [0.29, 0.717) is 23.1 Å². The first kappa shape index (κ1) is 25.6. The third-order valence-electron chi connectivity index (χ3n) is 6.36. The SMILES string of the molecule is CCN(c1cc2oc(-c3ccc(F)cc3)c(C(=O)NC)c2cc1C1CCCNC1)S(=O)(=O)C(=O)OC. The zero-order valence-electron chi connectivity index (χ0n) is 20.3. The van der Waals surface area contributed by atoms with Gasteiger partial charge < -0.3 is 19.8 Å². The van der Waals surface area contributed by atoms with Crippen molar-refractivity contribution in [1.29, 1.82) is 0 Å². The first-order valence-corrected chi connectivity index (χ1v) is 13.1. The molecule has 1 aliphatic rings. The van der Waals surface area contributed by atoms with Crippen molar-refractivity contribution in [3.63, 3.8) is 0 Å². The fourth-order valence-corrected chi connectivity index (χ4v) is 5.78. The fraction of sp³-hybridized carbons (Fsp3) is 0.360. The number of nitrogens with one attached hydrogen (secondary N) is 2. The maximum absolute atomic E-state index is 13.6. The molecule has 0 radical (unpaired) electrons. The van der Waals surface area contributed by atoms with Crippen LogP contribution in [0.1, 0.15) is 41.6 Å². The van der Waals surface area contributed by atoms with Crippen molar-refractivity contribution in [2.24, 2.45) is 0 Å². The maximum Gasteiger partial charge on any atom is 0.445 e. The summed E-state index contributed by atoms with van der Waals surface area (Å²) >= 11 is 0. The number of carbonyl (C=O) groups excluding carboxylic acids is 2. The molecule has 9 nitrogen and oxygen atoms in total. The van der Waals surface area contributed by atoms with Gasteiger partial charge in [0.05, 0.1) is 18.4 Å². The molecule has 2 heterocycles. The van der Waals surface area contributed by atoms with E-state index in [1.165, 1.54) is 31.3 Å². The van der Waals surface area contributed by atoms with Crippen LogP contribution < -0.4 is 14.9 Å². The molecule has 1 aliphatic heterocycles. The molecule has 1 saturated heterocycles. The van der Waals surface area contributed by atoms with Crippen LogP contribution in [0.2, 0.25) is 0 Å². The van der Waals surface area contributed by atoms with Crippen molar-refractivity contribution >= 4 is 37.9 Å². The zero-order chi connectivity index (χ0) is 26.0. The van der Waals surface area contributed by atoms with E-state index in [-0.39, 0.29) is 35.1 Å². The van der Waals surface area contributed by atoms with Gasteiger partial charge in [-0.15, -0.1) is 0 Å². The molecule has 11 heteroatoms. The first-order chi connectivity index (χ1) is 17.2. The Kier molecular flexibility index (Phi) is 7.32. The minimum atomic E-state index is -4.48. The molecule has 0 spiro atoms. The second kappa shape index (κ2) is 10.3. The van der Waals surface area contributed by atoms with Crippen LogP contribution in [0.4, 0.5) is 14.9 Å². The van der Waals surface area contributed by atoms with Crippen molar-refractivity contribution in [3.05, 3.63) is 53.3 Å². The molecule has 1 atom stereocenters. The number of rotatable bonds is 6. The molecule has 36 heavy (non-hydrogen) atoms. The van der Waals surface area contributed by atoms with E-state index in [4.69, 9.17) is 4.42 Å². The largest absolute Gasteiger partial charge is 0.456 e. The van der Waals surface area contributed by atoms with Gasteiger partial charge in [0.2, 0.25) is 0 Å². The average molecular weight is 518 g/mol. The van der Waals surface area contributed by atoms with Gasteiger partial charge in [0.25, 0.3) is 5.91 Å². The van der Waals surface area contributed by atoms with Crippen molar-refractivity contribution in [3.8, 4) is 11.3 Å². The second-order valence-electron chi connectivity index (χ2n) is 8.47. The number of hydrogen-bond donors (Lipinski definition) is 2. The summed E-state index contributed by atoms with van der Waals surface area (Å²) in [6.07, 6.45) is 1.67. The van der Waals surface area contributed by atoms with Crippen LogP contribution in [0, 0.1) is 5.82 Å². The summed E-state index contributed by atoms with van der Waals surface area (Å²) in [6, 6.07) is 8.85. The Bertz CT molecular complexity index is 1400. The molecule has 1 unspecified atom stereocenters. The van der Waals surface area contributed by atoms with Crippen LogP contribution in [0.25, 0.3) is 22.3 Å². The number of benzene rings is 2. The van der Waals surface area contributed by atoms with Crippen molar-refractivity contribution in [2.45, 2.75) is 25.7 Å². The monoisotopic (exact) mass is 517 g/mol. The highest BCUT2D eigenvalue weighted by Crippen LogP contribution is 2.41. The topological polar surface area (TPSA) is 118 Å². The van der Waals surface area contributed by atoms with Crippen LogP contribution in [-0.2, 0) is 14.8 Å². The van der Waals surface area contributed by atoms with Gasteiger partial charge in [-0.25, -0.2) is 9.18 Å². The van der Waals surface area contributed by atoms with Gasteiger partial charge in [-0.2, -0.15) is 8.42 Å². The molecule has 2 aromatic carbocycles. The lowest BCUT2D eigenvalue weighted by atomic mass is 9.89. The molecule has 0 aliphatic carbocycles. The van der Waals surface area contributed by atoms with Gasteiger partial charge in [0, 0.05) is 37.2 Å². The molecule has 3 aromatic rings. The Labute approximate surface area is 208 Å². The molecular weight excluding hydrogens is 489 g/mol. The Morgan fingerprint density at radius 2 is 1.97 bits per heavy atom. The van der Waals surface area contributed by atoms with E-state index in [0.717, 1.165) is 30.8 Å². The van der Waals surface area contributed by atoms with Gasteiger partial charge in [0.15, 0.2) is 0 Å². The number of ether oxygens (including phenoxy) is 1. The lowest BCUT2D eigenvalue weighted by molar-refractivity contribution is 0.0964.